The number of rotatable bonds is 6. The first-order valence-electron chi connectivity index (χ1n) is 7.59. The summed E-state index contributed by atoms with van der Waals surface area (Å²) in [7, 11) is 0. The van der Waals surface area contributed by atoms with Gasteiger partial charge in [0.25, 0.3) is 0 Å². The monoisotopic (exact) mass is 273 g/mol. The fourth-order valence-electron chi connectivity index (χ4n) is 2.96. The van der Waals surface area contributed by atoms with Crippen molar-refractivity contribution >= 4 is 5.78 Å². The summed E-state index contributed by atoms with van der Waals surface area (Å²) in [6, 6.07) is 2.58. The molecule has 1 aliphatic rings. The molecule has 108 valence electrons. The third-order valence-electron chi connectivity index (χ3n) is 3.85. The highest BCUT2D eigenvalue weighted by Crippen LogP contribution is 2.11. The molecule has 0 amide bonds. The van der Waals surface area contributed by atoms with Gasteiger partial charge < -0.3 is 5.32 Å². The molecule has 1 unspecified atom stereocenters. The second-order valence-corrected chi connectivity index (χ2v) is 5.59. The first-order chi connectivity index (χ1) is 9.85. The minimum atomic E-state index is 0.650. The molecule has 2 aromatic rings. The third kappa shape index (κ3) is 3.16. The Bertz CT molecular complexity index is 511. The topological polar surface area (TPSA) is 45.5 Å². The lowest BCUT2D eigenvalue weighted by atomic mass is 10.2. The summed E-state index contributed by atoms with van der Waals surface area (Å²) in [6.45, 7) is 6.56. The number of nitrogens with zero attached hydrogens (tertiary/aromatic N) is 4. The second-order valence-electron chi connectivity index (χ2n) is 5.59. The van der Waals surface area contributed by atoms with Crippen molar-refractivity contribution in [2.75, 3.05) is 19.6 Å². The standard InChI is InChI=1S/C15H23N5/c1-2-8-19(10-13-5-3-6-16-13)11-14-12-20-9-4-7-17-15(20)18-14/h4,7,9,12-13,16H,2-3,5-6,8,10-11H2,1H3. The number of nitrogens with one attached hydrogen (secondary N) is 1. The van der Waals surface area contributed by atoms with Crippen LogP contribution in [-0.2, 0) is 6.54 Å². The van der Waals surface area contributed by atoms with Crippen LogP contribution in [0.4, 0.5) is 0 Å². The zero-order chi connectivity index (χ0) is 13.8. The van der Waals surface area contributed by atoms with E-state index >= 15 is 0 Å². The summed E-state index contributed by atoms with van der Waals surface area (Å²) in [4.78, 5) is 11.4. The normalized spacial score (nSPS) is 19.2. The van der Waals surface area contributed by atoms with Gasteiger partial charge in [0.15, 0.2) is 0 Å². The first-order valence-corrected chi connectivity index (χ1v) is 7.59. The van der Waals surface area contributed by atoms with Crippen LogP contribution in [0.5, 0.6) is 0 Å². The molecule has 2 aromatic heterocycles. The molecule has 1 atom stereocenters. The van der Waals surface area contributed by atoms with Gasteiger partial charge in [-0.15, -0.1) is 0 Å². The zero-order valence-corrected chi connectivity index (χ0v) is 12.1. The lowest BCUT2D eigenvalue weighted by Gasteiger charge is -2.24. The molecule has 0 spiro atoms. The molecule has 0 aromatic carbocycles. The van der Waals surface area contributed by atoms with E-state index in [1.54, 1.807) is 6.20 Å². The molecule has 1 fully saturated rings. The average Bonchev–Trinajstić information content (AvgIpc) is 3.07. The second kappa shape index (κ2) is 6.33. The van der Waals surface area contributed by atoms with E-state index in [0.29, 0.717) is 6.04 Å². The Morgan fingerprint density at radius 1 is 1.50 bits per heavy atom. The minimum Gasteiger partial charge on any atom is -0.313 e. The number of hydrogen-bond donors (Lipinski definition) is 1. The predicted molar refractivity (Wildman–Crippen MR) is 79.6 cm³/mol. The van der Waals surface area contributed by atoms with Crippen molar-refractivity contribution in [1.29, 1.82) is 0 Å². The number of hydrogen-bond acceptors (Lipinski definition) is 4. The van der Waals surface area contributed by atoms with E-state index in [1.165, 1.54) is 25.8 Å². The van der Waals surface area contributed by atoms with Gasteiger partial charge in [-0.1, -0.05) is 6.92 Å². The molecule has 5 nitrogen and oxygen atoms in total. The molecule has 1 aliphatic heterocycles. The van der Waals surface area contributed by atoms with Gasteiger partial charge in [0.05, 0.1) is 5.69 Å². The van der Waals surface area contributed by atoms with E-state index in [-0.39, 0.29) is 0 Å². The van der Waals surface area contributed by atoms with Crippen molar-refractivity contribution < 1.29 is 0 Å². The molecule has 0 radical (unpaired) electrons. The Hall–Kier alpha value is -1.46. The molecule has 0 saturated carbocycles. The largest absolute Gasteiger partial charge is 0.313 e. The fourth-order valence-corrected chi connectivity index (χ4v) is 2.96. The van der Waals surface area contributed by atoms with Gasteiger partial charge in [-0.25, -0.2) is 9.97 Å². The maximum absolute atomic E-state index is 4.60. The van der Waals surface area contributed by atoms with Gasteiger partial charge >= 0.3 is 0 Å². The average molecular weight is 273 g/mol. The summed E-state index contributed by atoms with van der Waals surface area (Å²) in [5.41, 5.74) is 1.11. The molecule has 20 heavy (non-hydrogen) atoms. The van der Waals surface area contributed by atoms with E-state index in [0.717, 1.165) is 31.1 Å². The summed E-state index contributed by atoms with van der Waals surface area (Å²) in [5.74, 6) is 0.790. The molecule has 1 saturated heterocycles. The van der Waals surface area contributed by atoms with Crippen LogP contribution in [0.15, 0.2) is 24.7 Å². The van der Waals surface area contributed by atoms with Crippen molar-refractivity contribution in [1.82, 2.24) is 24.6 Å². The third-order valence-corrected chi connectivity index (χ3v) is 3.85. The molecule has 0 aliphatic carbocycles. The number of imidazole rings is 1. The highest BCUT2D eigenvalue weighted by atomic mass is 15.2. The van der Waals surface area contributed by atoms with E-state index in [2.05, 4.69) is 33.3 Å². The van der Waals surface area contributed by atoms with Crippen molar-refractivity contribution in [2.24, 2.45) is 0 Å². The van der Waals surface area contributed by atoms with Gasteiger partial charge in [0.1, 0.15) is 0 Å². The zero-order valence-electron chi connectivity index (χ0n) is 12.1. The SMILES string of the molecule is CCCN(Cc1cn2cccnc2n1)CC1CCCN1. The van der Waals surface area contributed by atoms with Gasteiger partial charge in [-0.05, 0) is 38.4 Å². The number of fused-ring (bicyclic) bond motifs is 1. The van der Waals surface area contributed by atoms with Crippen LogP contribution in [0.25, 0.3) is 5.78 Å². The van der Waals surface area contributed by atoms with Crippen LogP contribution in [0, 0.1) is 0 Å². The fraction of sp³-hybridized carbons (Fsp3) is 0.600. The van der Waals surface area contributed by atoms with Crippen molar-refractivity contribution in [3.8, 4) is 0 Å². The molecule has 5 heteroatoms. The highest BCUT2D eigenvalue weighted by Gasteiger charge is 2.18. The Kier molecular flexibility index (Phi) is 4.28. The van der Waals surface area contributed by atoms with Gasteiger partial charge in [0.2, 0.25) is 5.78 Å². The maximum atomic E-state index is 4.60. The molecule has 1 N–H and O–H groups in total. The van der Waals surface area contributed by atoms with Crippen molar-refractivity contribution in [3.05, 3.63) is 30.4 Å². The smallest absolute Gasteiger partial charge is 0.233 e. The molecule has 3 rings (SSSR count). The summed E-state index contributed by atoms with van der Waals surface area (Å²) >= 11 is 0. The number of aromatic nitrogens is 3. The first kappa shape index (κ1) is 13.5. The van der Waals surface area contributed by atoms with Crippen molar-refractivity contribution in [3.63, 3.8) is 0 Å². The van der Waals surface area contributed by atoms with Crippen LogP contribution in [0.3, 0.4) is 0 Å². The van der Waals surface area contributed by atoms with E-state index in [4.69, 9.17) is 0 Å². The molecular formula is C15H23N5. The Morgan fingerprint density at radius 3 is 3.20 bits per heavy atom. The summed E-state index contributed by atoms with van der Waals surface area (Å²) < 4.78 is 1.99. The van der Waals surface area contributed by atoms with Crippen LogP contribution < -0.4 is 5.32 Å². The summed E-state index contributed by atoms with van der Waals surface area (Å²) in [6.07, 6.45) is 9.67. The molecule has 0 bridgehead atoms. The van der Waals surface area contributed by atoms with Crippen LogP contribution in [-0.4, -0.2) is 44.9 Å². The Labute approximate surface area is 120 Å². The summed E-state index contributed by atoms with van der Waals surface area (Å²) in [5, 5.41) is 3.58. The van der Waals surface area contributed by atoms with E-state index < -0.39 is 0 Å². The quantitative estimate of drug-likeness (QED) is 0.870. The lowest BCUT2D eigenvalue weighted by Crippen LogP contribution is -2.37. The Balaban J connectivity index is 1.68. The van der Waals surface area contributed by atoms with Gasteiger partial charge in [-0.3, -0.25) is 9.30 Å². The van der Waals surface area contributed by atoms with E-state index in [9.17, 15) is 0 Å². The van der Waals surface area contributed by atoms with Crippen LogP contribution in [0.1, 0.15) is 31.9 Å². The van der Waals surface area contributed by atoms with Gasteiger partial charge in [0, 0.05) is 37.7 Å². The lowest BCUT2D eigenvalue weighted by molar-refractivity contribution is 0.239. The molecule has 3 heterocycles. The van der Waals surface area contributed by atoms with Crippen LogP contribution >= 0.6 is 0 Å². The van der Waals surface area contributed by atoms with E-state index in [1.807, 2.05) is 16.7 Å². The molecular weight excluding hydrogens is 250 g/mol. The Morgan fingerprint density at radius 2 is 2.45 bits per heavy atom. The van der Waals surface area contributed by atoms with Crippen LogP contribution in [0.2, 0.25) is 0 Å². The highest BCUT2D eigenvalue weighted by molar-refractivity contribution is 5.29. The van der Waals surface area contributed by atoms with Gasteiger partial charge in [-0.2, -0.15) is 0 Å². The minimum absolute atomic E-state index is 0.650. The maximum Gasteiger partial charge on any atom is 0.233 e. The van der Waals surface area contributed by atoms with Crippen molar-refractivity contribution in [2.45, 2.75) is 38.8 Å². The predicted octanol–water partition coefficient (Wildman–Crippen LogP) is 1.69.